The second-order valence-electron chi connectivity index (χ2n) is 3.89. The Labute approximate surface area is 121 Å². The first-order valence-corrected chi connectivity index (χ1v) is 6.51. The second kappa shape index (κ2) is 6.19. The maximum Gasteiger partial charge on any atom is 0.137 e. The summed E-state index contributed by atoms with van der Waals surface area (Å²) in [7, 11) is 0. The SMILES string of the molecule is CCOc1cncc(C(N)c2ncc(Cl)cc2Cl)c1. The molecule has 0 aromatic carbocycles. The number of pyridine rings is 2. The first kappa shape index (κ1) is 14.1. The van der Waals surface area contributed by atoms with Crippen LogP contribution in [0.25, 0.3) is 0 Å². The molecule has 1 unspecified atom stereocenters. The average Bonchev–Trinajstić information content (AvgIpc) is 2.39. The molecule has 2 N–H and O–H groups in total. The van der Waals surface area contributed by atoms with Crippen LogP contribution in [0.15, 0.2) is 30.7 Å². The van der Waals surface area contributed by atoms with E-state index in [9.17, 15) is 0 Å². The molecule has 0 aliphatic carbocycles. The third-order valence-electron chi connectivity index (χ3n) is 2.54. The van der Waals surface area contributed by atoms with Gasteiger partial charge in [-0.3, -0.25) is 9.97 Å². The summed E-state index contributed by atoms with van der Waals surface area (Å²) < 4.78 is 5.39. The predicted molar refractivity (Wildman–Crippen MR) is 75.7 cm³/mol. The van der Waals surface area contributed by atoms with Crippen LogP contribution >= 0.6 is 23.2 Å². The van der Waals surface area contributed by atoms with E-state index in [0.717, 1.165) is 5.56 Å². The molecule has 0 fully saturated rings. The van der Waals surface area contributed by atoms with Gasteiger partial charge in [0.25, 0.3) is 0 Å². The van der Waals surface area contributed by atoms with Crippen LogP contribution in [0.4, 0.5) is 0 Å². The topological polar surface area (TPSA) is 61.0 Å². The van der Waals surface area contributed by atoms with Crippen molar-refractivity contribution in [1.29, 1.82) is 0 Å². The van der Waals surface area contributed by atoms with E-state index in [1.165, 1.54) is 6.20 Å². The summed E-state index contributed by atoms with van der Waals surface area (Å²) in [5.41, 5.74) is 7.48. The fourth-order valence-electron chi connectivity index (χ4n) is 1.66. The van der Waals surface area contributed by atoms with Gasteiger partial charge in [0.05, 0.1) is 34.6 Å². The summed E-state index contributed by atoms with van der Waals surface area (Å²) >= 11 is 11.9. The van der Waals surface area contributed by atoms with Crippen molar-refractivity contribution in [3.8, 4) is 5.75 Å². The van der Waals surface area contributed by atoms with Gasteiger partial charge in [-0.15, -0.1) is 0 Å². The lowest BCUT2D eigenvalue weighted by atomic mass is 10.1. The van der Waals surface area contributed by atoms with Gasteiger partial charge in [-0.1, -0.05) is 23.2 Å². The van der Waals surface area contributed by atoms with Crippen LogP contribution in [0.2, 0.25) is 10.0 Å². The van der Waals surface area contributed by atoms with Crippen LogP contribution in [-0.4, -0.2) is 16.6 Å². The zero-order valence-corrected chi connectivity index (χ0v) is 11.8. The smallest absolute Gasteiger partial charge is 0.137 e. The number of aromatic nitrogens is 2. The Morgan fingerprint density at radius 3 is 2.74 bits per heavy atom. The van der Waals surface area contributed by atoms with Crippen LogP contribution in [0, 0.1) is 0 Å². The van der Waals surface area contributed by atoms with E-state index in [1.54, 1.807) is 18.5 Å². The van der Waals surface area contributed by atoms with Crippen molar-refractivity contribution in [3.05, 3.63) is 52.0 Å². The molecule has 6 heteroatoms. The Kier molecular flexibility index (Phi) is 4.58. The second-order valence-corrected chi connectivity index (χ2v) is 4.73. The van der Waals surface area contributed by atoms with Gasteiger partial charge in [0, 0.05) is 12.4 Å². The number of nitrogens with two attached hydrogens (primary N) is 1. The summed E-state index contributed by atoms with van der Waals surface area (Å²) in [4.78, 5) is 8.27. The molecule has 0 radical (unpaired) electrons. The molecular weight excluding hydrogens is 285 g/mol. The quantitative estimate of drug-likeness (QED) is 0.941. The zero-order chi connectivity index (χ0) is 13.8. The van der Waals surface area contributed by atoms with E-state index in [1.807, 2.05) is 13.0 Å². The lowest BCUT2D eigenvalue weighted by Crippen LogP contribution is -2.14. The Hall–Kier alpha value is -1.36. The number of nitrogens with zero attached hydrogens (tertiary/aromatic N) is 2. The van der Waals surface area contributed by atoms with Crippen molar-refractivity contribution >= 4 is 23.2 Å². The highest BCUT2D eigenvalue weighted by atomic mass is 35.5. The average molecular weight is 298 g/mol. The highest BCUT2D eigenvalue weighted by molar-refractivity contribution is 6.34. The number of halogens is 2. The zero-order valence-electron chi connectivity index (χ0n) is 10.3. The summed E-state index contributed by atoms with van der Waals surface area (Å²) in [6.07, 6.45) is 4.82. The third-order valence-corrected chi connectivity index (χ3v) is 3.04. The van der Waals surface area contributed by atoms with Crippen molar-refractivity contribution in [2.45, 2.75) is 13.0 Å². The monoisotopic (exact) mass is 297 g/mol. The molecule has 19 heavy (non-hydrogen) atoms. The molecule has 0 aliphatic rings. The van der Waals surface area contributed by atoms with Crippen molar-refractivity contribution < 1.29 is 4.74 Å². The van der Waals surface area contributed by atoms with Gasteiger partial charge in [0.1, 0.15) is 5.75 Å². The number of rotatable bonds is 4. The van der Waals surface area contributed by atoms with Crippen molar-refractivity contribution in [1.82, 2.24) is 9.97 Å². The maximum absolute atomic E-state index is 6.15. The first-order chi connectivity index (χ1) is 9.11. The Balaban J connectivity index is 2.32. The summed E-state index contributed by atoms with van der Waals surface area (Å²) in [5, 5.41) is 0.906. The van der Waals surface area contributed by atoms with Crippen LogP contribution in [0.5, 0.6) is 5.75 Å². The highest BCUT2D eigenvalue weighted by Gasteiger charge is 2.15. The lowest BCUT2D eigenvalue weighted by molar-refractivity contribution is 0.338. The standard InChI is InChI=1S/C13H13Cl2N3O/c1-2-19-10-3-8(5-17-7-10)12(16)13-11(15)4-9(14)6-18-13/h3-7,12H,2,16H2,1H3. The number of hydrogen-bond donors (Lipinski definition) is 1. The first-order valence-electron chi connectivity index (χ1n) is 5.76. The molecule has 1 atom stereocenters. The molecule has 4 nitrogen and oxygen atoms in total. The minimum atomic E-state index is -0.474. The molecule has 0 saturated heterocycles. The van der Waals surface area contributed by atoms with Crippen LogP contribution in [0.3, 0.4) is 0 Å². The molecule has 0 amide bonds. The van der Waals surface area contributed by atoms with Crippen molar-refractivity contribution in [2.24, 2.45) is 5.73 Å². The van der Waals surface area contributed by atoms with Crippen LogP contribution in [-0.2, 0) is 0 Å². The molecule has 100 valence electrons. The number of ether oxygens (including phenoxy) is 1. The molecule has 0 saturated carbocycles. The molecule has 0 bridgehead atoms. The van der Waals surface area contributed by atoms with Gasteiger partial charge in [-0.25, -0.2) is 0 Å². The van der Waals surface area contributed by atoms with Crippen molar-refractivity contribution in [3.63, 3.8) is 0 Å². The fraction of sp³-hybridized carbons (Fsp3) is 0.231. The van der Waals surface area contributed by atoms with Crippen LogP contribution in [0.1, 0.15) is 24.2 Å². The molecule has 0 spiro atoms. The Morgan fingerprint density at radius 2 is 2.05 bits per heavy atom. The summed E-state index contributed by atoms with van der Waals surface area (Å²) in [6.45, 7) is 2.48. The maximum atomic E-state index is 6.15. The third kappa shape index (κ3) is 3.35. The fourth-order valence-corrected chi connectivity index (χ4v) is 2.16. The molecule has 2 aromatic heterocycles. The molecule has 0 aliphatic heterocycles. The predicted octanol–water partition coefficient (Wildman–Crippen LogP) is 3.23. The van der Waals surface area contributed by atoms with Crippen LogP contribution < -0.4 is 10.5 Å². The van der Waals surface area contributed by atoms with E-state index in [2.05, 4.69) is 9.97 Å². The van der Waals surface area contributed by atoms with E-state index in [4.69, 9.17) is 33.7 Å². The molecule has 2 heterocycles. The van der Waals surface area contributed by atoms with E-state index in [-0.39, 0.29) is 0 Å². The number of hydrogen-bond acceptors (Lipinski definition) is 4. The molecular formula is C13H13Cl2N3O. The normalized spacial score (nSPS) is 12.2. The van der Waals surface area contributed by atoms with Gasteiger partial charge < -0.3 is 10.5 Å². The minimum absolute atomic E-state index is 0.432. The minimum Gasteiger partial charge on any atom is -0.492 e. The summed E-state index contributed by atoms with van der Waals surface area (Å²) in [6, 6.07) is 2.97. The molecule has 2 aromatic rings. The van der Waals surface area contributed by atoms with Gasteiger partial charge in [-0.05, 0) is 24.6 Å². The van der Waals surface area contributed by atoms with E-state index >= 15 is 0 Å². The van der Waals surface area contributed by atoms with Gasteiger partial charge in [0.15, 0.2) is 0 Å². The molecule has 2 rings (SSSR count). The summed E-state index contributed by atoms with van der Waals surface area (Å²) in [5.74, 6) is 0.667. The van der Waals surface area contributed by atoms with Gasteiger partial charge in [0.2, 0.25) is 0 Å². The lowest BCUT2D eigenvalue weighted by Gasteiger charge is -2.14. The highest BCUT2D eigenvalue weighted by Crippen LogP contribution is 2.27. The Bertz CT molecular complexity index is 578. The Morgan fingerprint density at radius 1 is 1.26 bits per heavy atom. The van der Waals surface area contributed by atoms with E-state index < -0.39 is 6.04 Å². The van der Waals surface area contributed by atoms with Gasteiger partial charge >= 0.3 is 0 Å². The largest absolute Gasteiger partial charge is 0.492 e. The van der Waals surface area contributed by atoms with Crippen molar-refractivity contribution in [2.75, 3.05) is 6.61 Å². The van der Waals surface area contributed by atoms with E-state index in [0.29, 0.717) is 28.1 Å². The van der Waals surface area contributed by atoms with Gasteiger partial charge in [-0.2, -0.15) is 0 Å².